The SMILES string of the molecule is O=C(CN1C(=O)C(C(=O)N2CCCCCC2)Sc2ccccc21)N1CCN(c2ccccc2)CC1. The minimum absolute atomic E-state index is 0.0362. The smallest absolute Gasteiger partial charge is 0.250 e. The van der Waals surface area contributed by atoms with Crippen molar-refractivity contribution in [3.8, 4) is 0 Å². The molecule has 1 atom stereocenters. The van der Waals surface area contributed by atoms with Crippen molar-refractivity contribution < 1.29 is 14.4 Å². The van der Waals surface area contributed by atoms with Crippen LogP contribution in [0.4, 0.5) is 11.4 Å². The molecular weight excluding hydrogens is 460 g/mol. The van der Waals surface area contributed by atoms with Crippen LogP contribution in [-0.4, -0.2) is 78.6 Å². The number of piperazine rings is 1. The summed E-state index contributed by atoms with van der Waals surface area (Å²) in [5.74, 6) is -0.474. The number of amides is 3. The van der Waals surface area contributed by atoms with Crippen molar-refractivity contribution in [1.29, 1.82) is 0 Å². The Hall–Kier alpha value is -3.00. The highest BCUT2D eigenvalue weighted by atomic mass is 32.2. The van der Waals surface area contributed by atoms with Gasteiger partial charge in [0.15, 0.2) is 5.25 Å². The first-order valence-corrected chi connectivity index (χ1v) is 13.4. The van der Waals surface area contributed by atoms with Crippen LogP contribution in [0.1, 0.15) is 25.7 Å². The minimum atomic E-state index is -0.828. The van der Waals surface area contributed by atoms with Gasteiger partial charge in [-0.25, -0.2) is 0 Å². The van der Waals surface area contributed by atoms with Crippen molar-refractivity contribution in [2.75, 3.05) is 55.6 Å². The van der Waals surface area contributed by atoms with Gasteiger partial charge in [0.05, 0.1) is 5.69 Å². The van der Waals surface area contributed by atoms with Gasteiger partial charge in [-0.3, -0.25) is 14.4 Å². The van der Waals surface area contributed by atoms with E-state index < -0.39 is 5.25 Å². The van der Waals surface area contributed by atoms with E-state index in [-0.39, 0.29) is 24.3 Å². The van der Waals surface area contributed by atoms with E-state index in [1.165, 1.54) is 16.7 Å². The third-order valence-electron chi connectivity index (χ3n) is 7.08. The van der Waals surface area contributed by atoms with Gasteiger partial charge in [-0.05, 0) is 37.1 Å². The first-order chi connectivity index (χ1) is 17.1. The first kappa shape index (κ1) is 23.7. The number of thioether (sulfide) groups is 1. The molecule has 0 radical (unpaired) electrons. The fraction of sp³-hybridized carbons (Fsp3) is 0.444. The van der Waals surface area contributed by atoms with Gasteiger partial charge in [0.2, 0.25) is 11.8 Å². The highest BCUT2D eigenvalue weighted by Crippen LogP contribution is 2.40. The van der Waals surface area contributed by atoms with E-state index >= 15 is 0 Å². The molecule has 3 amide bonds. The molecule has 0 bridgehead atoms. The second kappa shape index (κ2) is 10.7. The number of carbonyl (C=O) groups excluding carboxylic acids is 3. The number of fused-ring (bicyclic) bond motifs is 1. The molecule has 2 aromatic carbocycles. The summed E-state index contributed by atoms with van der Waals surface area (Å²) in [5, 5.41) is -0.828. The summed E-state index contributed by atoms with van der Waals surface area (Å²) < 4.78 is 0. The topological polar surface area (TPSA) is 64.2 Å². The molecular formula is C27H32N4O3S. The van der Waals surface area contributed by atoms with Crippen LogP contribution in [0, 0.1) is 0 Å². The van der Waals surface area contributed by atoms with E-state index in [1.807, 2.05) is 52.3 Å². The van der Waals surface area contributed by atoms with Crippen LogP contribution in [0.3, 0.4) is 0 Å². The molecule has 8 heteroatoms. The van der Waals surface area contributed by atoms with Crippen LogP contribution in [0.5, 0.6) is 0 Å². The Labute approximate surface area is 211 Å². The van der Waals surface area contributed by atoms with Crippen molar-refractivity contribution in [2.24, 2.45) is 0 Å². The Kier molecular flexibility index (Phi) is 7.27. The number of likely N-dealkylation sites (tertiary alicyclic amines) is 1. The summed E-state index contributed by atoms with van der Waals surface area (Å²) in [6.45, 7) is 4.11. The maximum atomic E-state index is 13.6. The fourth-order valence-corrected chi connectivity index (χ4v) is 6.27. The Bertz CT molecular complexity index is 1060. The lowest BCUT2D eigenvalue weighted by atomic mass is 10.2. The standard InChI is InChI=1S/C27H32N4O3S/c32-24(29-18-16-28(17-19-29)21-10-4-3-5-11-21)20-31-22-12-6-7-13-23(22)35-25(27(31)34)26(33)30-14-8-1-2-9-15-30/h3-7,10-13,25H,1-2,8-9,14-20H2. The number of anilines is 2. The zero-order chi connectivity index (χ0) is 24.2. The second-order valence-electron chi connectivity index (χ2n) is 9.33. The minimum Gasteiger partial charge on any atom is -0.368 e. The van der Waals surface area contributed by atoms with Gasteiger partial charge < -0.3 is 19.6 Å². The number of hydrogen-bond donors (Lipinski definition) is 0. The molecule has 7 nitrogen and oxygen atoms in total. The van der Waals surface area contributed by atoms with E-state index in [0.29, 0.717) is 26.2 Å². The lowest BCUT2D eigenvalue weighted by Crippen LogP contribution is -2.55. The van der Waals surface area contributed by atoms with Gasteiger partial charge in [0.1, 0.15) is 6.54 Å². The maximum absolute atomic E-state index is 13.6. The molecule has 5 rings (SSSR count). The summed E-state index contributed by atoms with van der Waals surface area (Å²) in [7, 11) is 0. The van der Waals surface area contributed by atoms with Crippen LogP contribution in [0.25, 0.3) is 0 Å². The second-order valence-corrected chi connectivity index (χ2v) is 10.5. The van der Waals surface area contributed by atoms with Crippen molar-refractivity contribution in [3.05, 3.63) is 54.6 Å². The zero-order valence-electron chi connectivity index (χ0n) is 20.0. The van der Waals surface area contributed by atoms with E-state index in [2.05, 4.69) is 17.0 Å². The molecule has 0 saturated carbocycles. The molecule has 2 saturated heterocycles. The highest BCUT2D eigenvalue weighted by molar-refractivity contribution is 8.01. The van der Waals surface area contributed by atoms with E-state index in [1.54, 1.807) is 0 Å². The molecule has 3 aliphatic rings. The van der Waals surface area contributed by atoms with Gasteiger partial charge in [-0.1, -0.05) is 43.2 Å². The maximum Gasteiger partial charge on any atom is 0.250 e. The molecule has 0 aliphatic carbocycles. The number of hydrogen-bond acceptors (Lipinski definition) is 5. The van der Waals surface area contributed by atoms with E-state index in [9.17, 15) is 14.4 Å². The number of nitrogens with zero attached hydrogens (tertiary/aromatic N) is 4. The van der Waals surface area contributed by atoms with Crippen LogP contribution in [0.2, 0.25) is 0 Å². The average Bonchev–Trinajstić information content (AvgIpc) is 3.20. The third-order valence-corrected chi connectivity index (χ3v) is 8.32. The Morgan fingerprint density at radius 2 is 1.43 bits per heavy atom. The zero-order valence-corrected chi connectivity index (χ0v) is 20.8. The number of para-hydroxylation sites is 2. The third kappa shape index (κ3) is 5.17. The van der Waals surface area contributed by atoms with Crippen molar-refractivity contribution >= 4 is 40.9 Å². The number of benzene rings is 2. The monoisotopic (exact) mass is 492 g/mol. The van der Waals surface area contributed by atoms with Gasteiger partial charge in [-0.15, -0.1) is 11.8 Å². The molecule has 184 valence electrons. The van der Waals surface area contributed by atoms with Crippen molar-refractivity contribution in [2.45, 2.75) is 35.8 Å². The normalized spacial score (nSPS) is 20.9. The fourth-order valence-electron chi connectivity index (χ4n) is 5.08. The molecule has 0 spiro atoms. The molecule has 35 heavy (non-hydrogen) atoms. The molecule has 0 aromatic heterocycles. The van der Waals surface area contributed by atoms with Crippen molar-refractivity contribution in [3.63, 3.8) is 0 Å². The Morgan fingerprint density at radius 3 is 2.14 bits per heavy atom. The predicted molar refractivity (Wildman–Crippen MR) is 139 cm³/mol. The molecule has 3 aliphatic heterocycles. The Morgan fingerprint density at radius 1 is 0.771 bits per heavy atom. The van der Waals surface area contributed by atoms with Crippen LogP contribution >= 0.6 is 11.8 Å². The molecule has 1 unspecified atom stereocenters. The summed E-state index contributed by atoms with van der Waals surface area (Å²) in [4.78, 5) is 48.7. The van der Waals surface area contributed by atoms with E-state index in [4.69, 9.17) is 0 Å². The first-order valence-electron chi connectivity index (χ1n) is 12.6. The predicted octanol–water partition coefficient (Wildman–Crippen LogP) is 3.25. The largest absolute Gasteiger partial charge is 0.368 e. The average molecular weight is 493 g/mol. The summed E-state index contributed by atoms with van der Waals surface area (Å²) >= 11 is 1.32. The van der Waals surface area contributed by atoms with E-state index in [0.717, 1.165) is 55.0 Å². The summed E-state index contributed by atoms with van der Waals surface area (Å²) in [6, 6.07) is 17.8. The number of rotatable bonds is 4. The number of carbonyl (C=O) groups is 3. The van der Waals surface area contributed by atoms with Gasteiger partial charge >= 0.3 is 0 Å². The van der Waals surface area contributed by atoms with Crippen LogP contribution < -0.4 is 9.80 Å². The highest BCUT2D eigenvalue weighted by Gasteiger charge is 2.41. The van der Waals surface area contributed by atoms with Crippen LogP contribution in [-0.2, 0) is 14.4 Å². The molecule has 2 aromatic rings. The lowest BCUT2D eigenvalue weighted by molar-refractivity contribution is -0.136. The van der Waals surface area contributed by atoms with Crippen molar-refractivity contribution in [1.82, 2.24) is 9.80 Å². The molecule has 2 fully saturated rings. The van der Waals surface area contributed by atoms with Gasteiger partial charge in [-0.2, -0.15) is 0 Å². The van der Waals surface area contributed by atoms with Gasteiger partial charge in [0, 0.05) is 49.9 Å². The van der Waals surface area contributed by atoms with Crippen LogP contribution in [0.15, 0.2) is 59.5 Å². The molecule has 0 N–H and O–H groups in total. The molecule has 3 heterocycles. The summed E-state index contributed by atoms with van der Waals surface area (Å²) in [6.07, 6.45) is 4.20. The lowest BCUT2D eigenvalue weighted by Gasteiger charge is -2.38. The summed E-state index contributed by atoms with van der Waals surface area (Å²) in [5.41, 5.74) is 1.88. The van der Waals surface area contributed by atoms with Gasteiger partial charge in [0.25, 0.3) is 5.91 Å². The quantitative estimate of drug-likeness (QED) is 0.613. The Balaban J connectivity index is 1.28.